The van der Waals surface area contributed by atoms with E-state index in [1.807, 2.05) is 13.0 Å². The summed E-state index contributed by atoms with van der Waals surface area (Å²) in [6, 6.07) is 1.98. The molecule has 0 radical (unpaired) electrons. The lowest BCUT2D eigenvalue weighted by Gasteiger charge is -2.25. The molecule has 1 saturated heterocycles. The van der Waals surface area contributed by atoms with E-state index in [2.05, 4.69) is 27.1 Å². The molecule has 19 heavy (non-hydrogen) atoms. The molecule has 5 nitrogen and oxygen atoms in total. The minimum atomic E-state index is -0.627. The zero-order valence-corrected chi connectivity index (χ0v) is 12.5. The van der Waals surface area contributed by atoms with Gasteiger partial charge >= 0.3 is 0 Å². The average molecular weight is 282 g/mol. The van der Waals surface area contributed by atoms with Crippen molar-refractivity contribution in [1.29, 1.82) is 0 Å². The van der Waals surface area contributed by atoms with Crippen molar-refractivity contribution in [2.45, 2.75) is 26.8 Å². The third-order valence-electron chi connectivity index (χ3n) is 3.09. The zero-order valence-electron chi connectivity index (χ0n) is 11.7. The smallest absolute Gasteiger partial charge is 0.144 e. The maximum absolute atomic E-state index is 11.3. The van der Waals surface area contributed by atoms with Gasteiger partial charge in [-0.3, -0.25) is 9.11 Å². The second-order valence-electron chi connectivity index (χ2n) is 4.86. The van der Waals surface area contributed by atoms with Gasteiger partial charge in [0, 0.05) is 53.7 Å². The quantitative estimate of drug-likeness (QED) is 0.878. The molecule has 0 spiro atoms. The average Bonchev–Trinajstić information content (AvgIpc) is 2.38. The highest BCUT2D eigenvalue weighted by Gasteiger charge is 2.16. The molecule has 0 aromatic carbocycles. The van der Waals surface area contributed by atoms with E-state index in [0.717, 1.165) is 61.4 Å². The van der Waals surface area contributed by atoms with Crippen molar-refractivity contribution in [3.8, 4) is 0 Å². The molecule has 1 fully saturated rings. The summed E-state index contributed by atoms with van der Waals surface area (Å²) in [4.78, 5) is 11.3. The molecule has 0 unspecified atom stereocenters. The fourth-order valence-electron chi connectivity index (χ4n) is 2.08. The Balaban J connectivity index is 1.99. The summed E-state index contributed by atoms with van der Waals surface area (Å²) in [6.07, 6.45) is 1.08. The molecule has 1 aliphatic heterocycles. The Hall–Kier alpha value is -1.01. The number of anilines is 1. The molecule has 1 N–H and O–H groups in total. The van der Waals surface area contributed by atoms with Crippen LogP contribution in [0.1, 0.15) is 24.9 Å². The lowest BCUT2D eigenvalue weighted by atomic mass is 10.3. The second-order valence-corrected chi connectivity index (χ2v) is 6.56. The van der Waals surface area contributed by atoms with Crippen LogP contribution in [0.2, 0.25) is 0 Å². The van der Waals surface area contributed by atoms with Crippen molar-refractivity contribution in [3.63, 3.8) is 0 Å². The molecule has 1 aromatic rings. The van der Waals surface area contributed by atoms with Crippen LogP contribution in [0.4, 0.5) is 5.82 Å². The lowest BCUT2D eigenvalue weighted by molar-refractivity contribution is 0.284. The minimum absolute atomic E-state index is 0.627. The molecule has 2 heterocycles. The third kappa shape index (κ3) is 4.54. The van der Waals surface area contributed by atoms with Gasteiger partial charge in [0.1, 0.15) is 11.6 Å². The van der Waals surface area contributed by atoms with Gasteiger partial charge in [-0.25, -0.2) is 9.97 Å². The fraction of sp³-hybridized carbons (Fsp3) is 0.692. The Morgan fingerprint density at radius 1 is 1.37 bits per heavy atom. The van der Waals surface area contributed by atoms with Crippen LogP contribution in [-0.2, 0) is 17.3 Å². The number of nitrogens with one attached hydrogen (secondary N) is 1. The summed E-state index contributed by atoms with van der Waals surface area (Å²) in [5.41, 5.74) is 0.990. The van der Waals surface area contributed by atoms with Gasteiger partial charge in [-0.05, 0) is 13.3 Å². The highest BCUT2D eigenvalue weighted by atomic mass is 32.2. The predicted molar refractivity (Wildman–Crippen MR) is 78.7 cm³/mol. The third-order valence-corrected chi connectivity index (χ3v) is 4.37. The Morgan fingerprint density at radius 3 is 2.79 bits per heavy atom. The van der Waals surface area contributed by atoms with Crippen LogP contribution in [-0.4, -0.2) is 50.2 Å². The standard InChI is InChI=1S/C13H22N4OS/c1-3-4-14-12-9-11(2)15-13(16-12)10-17-5-7-19(18)8-6-17/h9H,3-8,10H2,1-2H3,(H,14,15,16). The summed E-state index contributed by atoms with van der Waals surface area (Å²) in [7, 11) is -0.627. The highest BCUT2D eigenvalue weighted by molar-refractivity contribution is 7.85. The lowest BCUT2D eigenvalue weighted by Crippen LogP contribution is -2.37. The van der Waals surface area contributed by atoms with Crippen LogP contribution in [0.3, 0.4) is 0 Å². The van der Waals surface area contributed by atoms with Gasteiger partial charge in [0.2, 0.25) is 0 Å². The van der Waals surface area contributed by atoms with Crippen LogP contribution in [0.25, 0.3) is 0 Å². The van der Waals surface area contributed by atoms with Crippen molar-refractivity contribution in [1.82, 2.24) is 14.9 Å². The van der Waals surface area contributed by atoms with E-state index in [9.17, 15) is 4.21 Å². The fourth-order valence-corrected chi connectivity index (χ4v) is 3.21. The molecular formula is C13H22N4OS. The summed E-state index contributed by atoms with van der Waals surface area (Å²) in [6.45, 7) is 7.56. The van der Waals surface area contributed by atoms with Gasteiger partial charge in [0.05, 0.1) is 6.54 Å². The predicted octanol–water partition coefficient (Wildman–Crippen LogP) is 1.17. The van der Waals surface area contributed by atoms with E-state index in [1.54, 1.807) is 0 Å². The Bertz CT molecular complexity index is 442. The summed E-state index contributed by atoms with van der Waals surface area (Å²) in [5, 5.41) is 3.30. The van der Waals surface area contributed by atoms with Gasteiger partial charge in [-0.1, -0.05) is 6.92 Å². The Morgan fingerprint density at radius 2 is 2.11 bits per heavy atom. The molecule has 6 heteroatoms. The summed E-state index contributed by atoms with van der Waals surface area (Å²) in [5.74, 6) is 3.30. The largest absolute Gasteiger partial charge is 0.370 e. The van der Waals surface area contributed by atoms with E-state index < -0.39 is 10.8 Å². The minimum Gasteiger partial charge on any atom is -0.370 e. The van der Waals surface area contributed by atoms with Crippen molar-refractivity contribution in [3.05, 3.63) is 17.6 Å². The van der Waals surface area contributed by atoms with Gasteiger partial charge in [-0.2, -0.15) is 0 Å². The number of aromatic nitrogens is 2. The molecule has 1 aliphatic rings. The van der Waals surface area contributed by atoms with E-state index in [0.29, 0.717) is 0 Å². The van der Waals surface area contributed by atoms with Gasteiger partial charge < -0.3 is 5.32 Å². The first kappa shape index (κ1) is 14.4. The first-order valence-corrected chi connectivity index (χ1v) is 8.32. The molecule has 0 saturated carbocycles. The van der Waals surface area contributed by atoms with Crippen LogP contribution in [0.15, 0.2) is 6.07 Å². The van der Waals surface area contributed by atoms with Gasteiger partial charge in [0.15, 0.2) is 0 Å². The summed E-state index contributed by atoms with van der Waals surface area (Å²) >= 11 is 0. The van der Waals surface area contributed by atoms with Crippen LogP contribution in [0, 0.1) is 6.92 Å². The molecule has 0 aliphatic carbocycles. The molecule has 0 atom stereocenters. The zero-order chi connectivity index (χ0) is 13.7. The van der Waals surface area contributed by atoms with Crippen molar-refractivity contribution < 1.29 is 4.21 Å². The number of rotatable bonds is 5. The normalized spacial score (nSPS) is 17.6. The number of nitrogens with zero attached hydrogens (tertiary/aromatic N) is 3. The molecule has 1 aromatic heterocycles. The van der Waals surface area contributed by atoms with E-state index in [4.69, 9.17) is 0 Å². The highest BCUT2D eigenvalue weighted by Crippen LogP contribution is 2.10. The Labute approximate surface area is 117 Å². The van der Waals surface area contributed by atoms with Gasteiger partial charge in [-0.15, -0.1) is 0 Å². The maximum atomic E-state index is 11.3. The van der Waals surface area contributed by atoms with Crippen molar-refractivity contribution >= 4 is 16.6 Å². The molecule has 106 valence electrons. The number of hydrogen-bond donors (Lipinski definition) is 1. The molecule has 0 bridgehead atoms. The second kappa shape index (κ2) is 6.96. The Kier molecular flexibility index (Phi) is 5.27. The van der Waals surface area contributed by atoms with Crippen LogP contribution < -0.4 is 5.32 Å². The molecule has 0 amide bonds. The molecule has 2 rings (SSSR count). The first-order chi connectivity index (χ1) is 9.17. The SMILES string of the molecule is CCCNc1cc(C)nc(CN2CCS(=O)CC2)n1. The van der Waals surface area contributed by atoms with Crippen molar-refractivity contribution in [2.24, 2.45) is 0 Å². The van der Waals surface area contributed by atoms with E-state index in [-0.39, 0.29) is 0 Å². The van der Waals surface area contributed by atoms with E-state index >= 15 is 0 Å². The van der Waals surface area contributed by atoms with Gasteiger partial charge in [0.25, 0.3) is 0 Å². The van der Waals surface area contributed by atoms with E-state index in [1.165, 1.54) is 0 Å². The summed E-state index contributed by atoms with van der Waals surface area (Å²) < 4.78 is 11.3. The number of aryl methyl sites for hydroxylation is 1. The number of hydrogen-bond acceptors (Lipinski definition) is 5. The van der Waals surface area contributed by atoms with Crippen LogP contribution in [0.5, 0.6) is 0 Å². The first-order valence-electron chi connectivity index (χ1n) is 6.83. The maximum Gasteiger partial charge on any atom is 0.144 e. The molecular weight excluding hydrogens is 260 g/mol. The van der Waals surface area contributed by atoms with Crippen molar-refractivity contribution in [2.75, 3.05) is 36.5 Å². The monoisotopic (exact) mass is 282 g/mol. The van der Waals surface area contributed by atoms with Crippen LogP contribution >= 0.6 is 0 Å². The topological polar surface area (TPSA) is 58.1 Å².